The van der Waals surface area contributed by atoms with Crippen molar-refractivity contribution in [1.29, 1.82) is 0 Å². The summed E-state index contributed by atoms with van der Waals surface area (Å²) in [6, 6.07) is 0. The normalized spacial score (nSPS) is 15.4. The minimum Gasteiger partial charge on any atom is -0.279 e. The summed E-state index contributed by atoms with van der Waals surface area (Å²) < 4.78 is 98.1. The van der Waals surface area contributed by atoms with Gasteiger partial charge >= 0.3 is 18.5 Å². The Morgan fingerprint density at radius 1 is 1.06 bits per heavy atom. The predicted octanol–water partition coefficient (Wildman–Crippen LogP) is 3.34. The highest BCUT2D eigenvalue weighted by Crippen LogP contribution is 2.43. The van der Waals surface area contributed by atoms with Gasteiger partial charge in [0.2, 0.25) is 6.17 Å². The summed E-state index contributed by atoms with van der Waals surface area (Å²) in [6.45, 7) is 0. The molecule has 0 saturated carbocycles. The third-order valence-electron chi connectivity index (χ3n) is 1.86. The number of aromatic amines is 1. The van der Waals surface area contributed by atoms with Crippen LogP contribution in [0.2, 0.25) is 0 Å². The summed E-state index contributed by atoms with van der Waals surface area (Å²) in [5.74, 6) is -5.23. The molecule has 0 bridgehead atoms. The molecule has 0 aromatic carbocycles. The third kappa shape index (κ3) is 2.50. The van der Waals surface area contributed by atoms with Crippen LogP contribution in [0.3, 0.4) is 0 Å². The number of aromatic nitrogens is 2. The maximum Gasteiger partial charge on any atom is 0.419 e. The van der Waals surface area contributed by atoms with Crippen LogP contribution in [0.15, 0.2) is 6.20 Å². The number of rotatable bonds is 3. The van der Waals surface area contributed by atoms with Gasteiger partial charge in [-0.05, 0) is 0 Å². The molecule has 1 unspecified atom stereocenters. The Bertz CT molecular complexity index is 381. The van der Waals surface area contributed by atoms with E-state index >= 15 is 0 Å². The molecule has 0 spiro atoms. The summed E-state index contributed by atoms with van der Waals surface area (Å²) in [4.78, 5) is 0. The number of hydrogen-bond acceptors (Lipinski definition) is 1. The summed E-state index contributed by atoms with van der Waals surface area (Å²) >= 11 is 0. The van der Waals surface area contributed by atoms with Crippen molar-refractivity contribution in [1.82, 2.24) is 10.2 Å². The number of H-pyrrole nitrogens is 1. The molecule has 17 heavy (non-hydrogen) atoms. The second kappa shape index (κ2) is 4.15. The van der Waals surface area contributed by atoms with E-state index in [2.05, 4.69) is 5.10 Å². The Morgan fingerprint density at radius 2 is 1.59 bits per heavy atom. The second-order valence-corrected chi connectivity index (χ2v) is 3.03. The zero-order chi connectivity index (χ0) is 13.4. The number of nitrogens with zero attached hydrogens (tertiary/aromatic N) is 1. The van der Waals surface area contributed by atoms with E-state index in [1.54, 1.807) is 0 Å². The van der Waals surface area contributed by atoms with Crippen molar-refractivity contribution in [3.63, 3.8) is 0 Å². The fourth-order valence-corrected chi connectivity index (χ4v) is 1.02. The minimum absolute atomic E-state index is 0.0451. The van der Waals surface area contributed by atoms with Gasteiger partial charge in [0.15, 0.2) is 0 Å². The maximum atomic E-state index is 13.0. The van der Waals surface area contributed by atoms with Crippen LogP contribution in [0.5, 0.6) is 0 Å². The first-order chi connectivity index (χ1) is 7.58. The van der Waals surface area contributed by atoms with E-state index in [9.17, 15) is 35.1 Å². The molecule has 0 aliphatic heterocycles. The molecule has 1 aromatic rings. The number of hydrogen-bond donors (Lipinski definition) is 1. The average molecular weight is 268 g/mol. The Labute approximate surface area is 88.6 Å². The molecule has 0 radical (unpaired) electrons. The van der Waals surface area contributed by atoms with Gasteiger partial charge in [-0.2, -0.15) is 27.1 Å². The van der Waals surface area contributed by atoms with Gasteiger partial charge in [-0.3, -0.25) is 5.10 Å². The van der Waals surface area contributed by atoms with E-state index in [4.69, 9.17) is 0 Å². The highest BCUT2D eigenvalue weighted by molar-refractivity contribution is 5.23. The lowest BCUT2D eigenvalue weighted by atomic mass is 10.1. The Hall–Kier alpha value is -1.35. The van der Waals surface area contributed by atoms with Gasteiger partial charge in [-0.1, -0.05) is 0 Å². The molecule has 98 valence electrons. The molecular weight excluding hydrogens is 264 g/mol. The molecule has 0 amide bonds. The first kappa shape index (κ1) is 13.7. The molecule has 1 N–H and O–H groups in total. The lowest BCUT2D eigenvalue weighted by Gasteiger charge is -2.20. The summed E-state index contributed by atoms with van der Waals surface area (Å²) in [5.41, 5.74) is -3.56. The number of halogens is 8. The molecule has 1 heterocycles. The Kier molecular flexibility index (Phi) is 3.35. The van der Waals surface area contributed by atoms with E-state index in [0.717, 1.165) is 0 Å². The van der Waals surface area contributed by atoms with Crippen molar-refractivity contribution >= 4 is 0 Å². The number of alkyl halides is 8. The van der Waals surface area contributed by atoms with Gasteiger partial charge in [0.05, 0.1) is 17.5 Å². The van der Waals surface area contributed by atoms with E-state index in [1.807, 2.05) is 0 Å². The monoisotopic (exact) mass is 268 g/mol. The molecule has 0 saturated heterocycles. The lowest BCUT2D eigenvalue weighted by molar-refractivity contribution is -0.177. The van der Waals surface area contributed by atoms with Crippen LogP contribution in [0, 0.1) is 0 Å². The topological polar surface area (TPSA) is 28.7 Å². The molecule has 1 aromatic heterocycles. The zero-order valence-corrected chi connectivity index (χ0v) is 7.70. The summed E-state index contributed by atoms with van der Waals surface area (Å²) in [6.07, 6.45) is -13.4. The summed E-state index contributed by atoms with van der Waals surface area (Å²) in [7, 11) is 0. The maximum absolute atomic E-state index is 13.0. The predicted molar refractivity (Wildman–Crippen MR) is 38.4 cm³/mol. The van der Waals surface area contributed by atoms with Crippen molar-refractivity contribution in [2.24, 2.45) is 0 Å². The molecule has 0 aliphatic carbocycles. The lowest BCUT2D eigenvalue weighted by Crippen LogP contribution is -2.33. The van der Waals surface area contributed by atoms with Crippen LogP contribution in [-0.2, 0) is 6.18 Å². The van der Waals surface area contributed by atoms with Crippen molar-refractivity contribution in [2.75, 3.05) is 0 Å². The van der Waals surface area contributed by atoms with E-state index in [-0.39, 0.29) is 6.20 Å². The molecular formula is C7H4F8N2. The average Bonchev–Trinajstić information content (AvgIpc) is 2.63. The zero-order valence-electron chi connectivity index (χ0n) is 7.70. The Balaban J connectivity index is 3.14. The smallest absolute Gasteiger partial charge is 0.279 e. The van der Waals surface area contributed by atoms with Gasteiger partial charge in [0, 0.05) is 0 Å². The van der Waals surface area contributed by atoms with Crippen LogP contribution < -0.4 is 0 Å². The van der Waals surface area contributed by atoms with E-state index in [0.29, 0.717) is 0 Å². The van der Waals surface area contributed by atoms with E-state index in [1.165, 1.54) is 5.10 Å². The largest absolute Gasteiger partial charge is 0.419 e. The highest BCUT2D eigenvalue weighted by Gasteiger charge is 2.53. The van der Waals surface area contributed by atoms with Crippen LogP contribution >= 0.6 is 0 Å². The second-order valence-electron chi connectivity index (χ2n) is 3.03. The fraction of sp³-hybridized carbons (Fsp3) is 0.571. The van der Waals surface area contributed by atoms with Gasteiger partial charge in [-0.25, -0.2) is 13.2 Å². The molecule has 1 rings (SSSR count). The first-order valence-corrected chi connectivity index (χ1v) is 3.99. The van der Waals surface area contributed by atoms with E-state index < -0.39 is 36.0 Å². The van der Waals surface area contributed by atoms with Gasteiger partial charge in [0.1, 0.15) is 0 Å². The Morgan fingerprint density at radius 3 is 2.00 bits per heavy atom. The van der Waals surface area contributed by atoms with Gasteiger partial charge in [0.25, 0.3) is 0 Å². The quantitative estimate of drug-likeness (QED) is 0.837. The van der Waals surface area contributed by atoms with Crippen LogP contribution in [-0.4, -0.2) is 22.5 Å². The van der Waals surface area contributed by atoms with Crippen molar-refractivity contribution in [2.45, 2.75) is 24.7 Å². The van der Waals surface area contributed by atoms with Crippen molar-refractivity contribution < 1.29 is 35.1 Å². The molecule has 2 nitrogen and oxygen atoms in total. The van der Waals surface area contributed by atoms with Gasteiger partial charge in [-0.15, -0.1) is 0 Å². The van der Waals surface area contributed by atoms with Crippen molar-refractivity contribution in [3.05, 3.63) is 17.5 Å². The number of nitrogens with one attached hydrogen (secondary N) is 1. The molecule has 1 atom stereocenters. The summed E-state index contributed by atoms with van der Waals surface area (Å²) in [5, 5.41) is 4.03. The minimum atomic E-state index is -5.23. The van der Waals surface area contributed by atoms with Crippen molar-refractivity contribution in [3.8, 4) is 0 Å². The standard InChI is InChI=1S/C7H4F8N2/c8-4(6(11,12)5(9)10)3-2(1-16-17-3)7(13,14)15/h1,4-5H,(H,16,17). The van der Waals surface area contributed by atoms with Crippen LogP contribution in [0.1, 0.15) is 17.4 Å². The fourth-order valence-electron chi connectivity index (χ4n) is 1.02. The van der Waals surface area contributed by atoms with Crippen LogP contribution in [0.4, 0.5) is 35.1 Å². The van der Waals surface area contributed by atoms with Gasteiger partial charge < -0.3 is 0 Å². The van der Waals surface area contributed by atoms with Crippen LogP contribution in [0.25, 0.3) is 0 Å². The molecule has 0 aliphatic rings. The molecule has 10 heteroatoms. The third-order valence-corrected chi connectivity index (χ3v) is 1.86. The highest BCUT2D eigenvalue weighted by atomic mass is 19.4. The first-order valence-electron chi connectivity index (χ1n) is 3.99. The SMILES string of the molecule is FC(F)C(F)(F)C(F)c1[nH]ncc1C(F)(F)F. The molecule has 0 fully saturated rings.